The topological polar surface area (TPSA) is 484 Å². The average molecular weight is 1200 g/mol. The molecule has 0 aromatic heterocycles. The number of hydrogen-bond donors (Lipinski definition) is 12. The third kappa shape index (κ3) is 18.3. The number of amides is 11. The normalized spacial score (nSPS) is 22.9. The largest absolute Gasteiger partial charge is 0.481 e. The maximum atomic E-state index is 14.4. The van der Waals surface area contributed by atoms with Crippen molar-refractivity contribution in [2.75, 3.05) is 45.9 Å². The van der Waals surface area contributed by atoms with Crippen molar-refractivity contribution in [1.29, 1.82) is 0 Å². The lowest BCUT2D eigenvalue weighted by Crippen LogP contribution is -2.60. The Morgan fingerprint density at radius 3 is 1.43 bits per heavy atom. The van der Waals surface area contributed by atoms with Gasteiger partial charge in [-0.3, -0.25) is 62.1 Å². The van der Waals surface area contributed by atoms with Gasteiger partial charge in [-0.2, -0.15) is 0 Å². The van der Waals surface area contributed by atoms with Crippen molar-refractivity contribution in [3.05, 3.63) is 0 Å². The van der Waals surface area contributed by atoms with Crippen LogP contribution in [0.5, 0.6) is 0 Å². The highest BCUT2D eigenvalue weighted by Gasteiger charge is 2.47. The van der Waals surface area contributed by atoms with Gasteiger partial charge >= 0.3 is 19.8 Å². The minimum Gasteiger partial charge on any atom is -0.481 e. The van der Waals surface area contributed by atoms with Crippen molar-refractivity contribution < 1.29 is 91.4 Å². The lowest BCUT2D eigenvalue weighted by molar-refractivity contribution is -0.150. The Balaban J connectivity index is 1.20. The molecule has 0 aromatic carbocycles. The third-order valence-electron chi connectivity index (χ3n) is 15.5. The van der Waals surface area contributed by atoms with E-state index in [9.17, 15) is 86.9 Å². The fourth-order valence-electron chi connectivity index (χ4n) is 11.2. The molecule has 5 heterocycles. The van der Waals surface area contributed by atoms with Gasteiger partial charge in [0.2, 0.25) is 65.0 Å². The number of carboxylic acids is 2. The van der Waals surface area contributed by atoms with E-state index in [1.807, 2.05) is 0 Å². The molecule has 5 fully saturated rings. The van der Waals surface area contributed by atoms with Crippen molar-refractivity contribution in [3.8, 4) is 0 Å². The van der Waals surface area contributed by atoms with E-state index in [4.69, 9.17) is 17.2 Å². The second-order valence-corrected chi connectivity index (χ2v) is 22.8. The molecule has 11 amide bonds. The number of likely N-dealkylation sites (tertiary alicyclic amines) is 5. The number of rotatable bonds is 29. The van der Waals surface area contributed by atoms with Crippen LogP contribution in [0.1, 0.15) is 123 Å². The molecule has 83 heavy (non-hydrogen) atoms. The third-order valence-corrected chi connectivity index (χ3v) is 16.0. The molecule has 11 atom stereocenters. The van der Waals surface area contributed by atoms with Crippen LogP contribution in [0.2, 0.25) is 0 Å². The van der Waals surface area contributed by atoms with E-state index in [0.29, 0.717) is 45.1 Å². The van der Waals surface area contributed by atoms with Gasteiger partial charge in [-0.25, -0.2) is 9.36 Å². The van der Waals surface area contributed by atoms with Crippen molar-refractivity contribution >= 4 is 84.7 Å². The number of phosphoric acid groups is 1. The maximum Gasteiger partial charge on any atom is 0.469 e. The van der Waals surface area contributed by atoms with Crippen LogP contribution >= 0.6 is 7.82 Å². The molecular formula is C50H80N13O19P. The van der Waals surface area contributed by atoms with Gasteiger partial charge in [-0.15, -0.1) is 0 Å². The van der Waals surface area contributed by atoms with Crippen molar-refractivity contribution in [2.45, 2.75) is 189 Å². The summed E-state index contributed by atoms with van der Waals surface area (Å²) in [7, 11) is -5.24. The van der Waals surface area contributed by atoms with Gasteiger partial charge in [0.1, 0.15) is 60.4 Å². The molecule has 0 unspecified atom stereocenters. The Kier molecular flexibility index (Phi) is 24.7. The summed E-state index contributed by atoms with van der Waals surface area (Å²) in [6.07, 6.45) is 2.30. The van der Waals surface area contributed by atoms with Crippen molar-refractivity contribution in [2.24, 2.45) is 17.2 Å². The van der Waals surface area contributed by atoms with E-state index in [0.717, 1.165) is 4.90 Å². The van der Waals surface area contributed by atoms with E-state index < -0.39 is 177 Å². The zero-order valence-corrected chi connectivity index (χ0v) is 47.5. The van der Waals surface area contributed by atoms with Gasteiger partial charge in [0, 0.05) is 45.6 Å². The summed E-state index contributed by atoms with van der Waals surface area (Å²) in [4.78, 5) is 198. The first-order valence-corrected chi connectivity index (χ1v) is 29.6. The van der Waals surface area contributed by atoms with Crippen molar-refractivity contribution in [1.82, 2.24) is 51.1 Å². The van der Waals surface area contributed by atoms with Crippen LogP contribution < -0.4 is 43.8 Å². The highest BCUT2D eigenvalue weighted by atomic mass is 31.2. The summed E-state index contributed by atoms with van der Waals surface area (Å²) in [5.41, 5.74) is 16.9. The monoisotopic (exact) mass is 1200 g/mol. The molecule has 5 aliphatic rings. The fraction of sp³-hybridized carbons (Fsp3) is 0.740. The van der Waals surface area contributed by atoms with E-state index in [1.54, 1.807) is 0 Å². The number of carbonyl (C=O) groups excluding carboxylic acids is 11. The first kappa shape index (κ1) is 66.9. The Labute approximate surface area is 478 Å². The highest BCUT2D eigenvalue weighted by Crippen LogP contribution is 2.36. The zero-order chi connectivity index (χ0) is 61.5. The molecule has 5 aliphatic heterocycles. The molecule has 5 rings (SSSR count). The lowest BCUT2D eigenvalue weighted by Gasteiger charge is -2.34. The molecule has 0 spiro atoms. The molecular weight excluding hydrogens is 1120 g/mol. The highest BCUT2D eigenvalue weighted by molar-refractivity contribution is 7.46. The number of nitrogens with one attached hydrogen (secondary N) is 5. The number of nitrogens with zero attached hydrogens (tertiary/aromatic N) is 5. The van der Waals surface area contributed by atoms with Gasteiger partial charge in [0.05, 0.1) is 12.6 Å². The number of aliphatic carboxylic acids is 2. The lowest BCUT2D eigenvalue weighted by atomic mass is 10.1. The quantitative estimate of drug-likeness (QED) is 0.0247. The summed E-state index contributed by atoms with van der Waals surface area (Å²) >= 11 is 0. The first-order valence-electron chi connectivity index (χ1n) is 28.1. The molecule has 0 aromatic rings. The predicted molar refractivity (Wildman–Crippen MR) is 286 cm³/mol. The first-order chi connectivity index (χ1) is 39.1. The fourth-order valence-corrected chi connectivity index (χ4v) is 11.5. The minimum atomic E-state index is -5.24. The van der Waals surface area contributed by atoms with Gasteiger partial charge < -0.3 is 88.3 Å². The number of phosphoric ester groups is 1. The van der Waals surface area contributed by atoms with Crippen molar-refractivity contribution in [3.63, 3.8) is 0 Å². The Hall–Kier alpha value is -6.86. The summed E-state index contributed by atoms with van der Waals surface area (Å²) in [5, 5.41) is 31.4. The Morgan fingerprint density at radius 1 is 0.530 bits per heavy atom. The zero-order valence-electron chi connectivity index (χ0n) is 46.6. The SMILES string of the molecule is C[C@H](NC(=O)[C@H](CCC(=O)O)NC(=O)[C@@H](N)CCCCN)C(=O)N1CCC[C@H]1C(=O)N1CCC[C@H]1C(=O)N[C@@H](C)C(=O)N1CCC[C@H]1C(=O)N1CCC[C@H]1C(=O)N[C@@H](CCC(N)=O)C(=O)N[C@@H](COP(=O)(O)O)C(=O)N1CCC[C@H]1C(=O)O. The summed E-state index contributed by atoms with van der Waals surface area (Å²) in [5.74, 6) is -11.1. The van der Waals surface area contributed by atoms with Crippen LogP contribution in [0.25, 0.3) is 0 Å². The minimum absolute atomic E-state index is 0.0563. The number of carboxylic acid groups (broad SMARTS) is 2. The standard InChI is InChI=1S/C50H80N13O19P/c1-27(54-41(68)31(17-19-39(65)66)56-40(67)29(52)10-3-4-20-51)45(72)61-23-7-13-35(61)48(75)59-21-5-11-33(59)43(70)55-28(2)46(73)62-24-8-14-36(62)49(76)60-22-6-12-34(60)44(71)57-30(16-18-38(53)64)42(69)58-32(26-82-83(79,80)81)47(74)63-25-9-15-37(63)50(77)78/h27-37H,3-26,51-52H2,1-2H3,(H2,53,64)(H,54,68)(H,55,70)(H,56,67)(H,57,71)(H,58,69)(H,65,66)(H,77,78)(H2,79,80,81)/t27-,28-,29-,30-,31-,32-,33-,34-,35-,36-,37-/m0/s1. The van der Waals surface area contributed by atoms with Crippen LogP contribution in [0.15, 0.2) is 0 Å². The van der Waals surface area contributed by atoms with Crippen LogP contribution in [-0.2, 0) is 71.4 Å². The molecule has 32 nitrogen and oxygen atoms in total. The molecule has 33 heteroatoms. The smallest absolute Gasteiger partial charge is 0.469 e. The van der Waals surface area contributed by atoms with Crippen LogP contribution in [-0.4, -0.2) is 234 Å². The summed E-state index contributed by atoms with van der Waals surface area (Å²) in [6.45, 7) is 2.47. The number of primary amides is 1. The summed E-state index contributed by atoms with van der Waals surface area (Å²) in [6, 6.07) is -14.0. The van der Waals surface area contributed by atoms with E-state index in [2.05, 4.69) is 31.1 Å². The van der Waals surface area contributed by atoms with E-state index in [1.165, 1.54) is 33.4 Å². The van der Waals surface area contributed by atoms with Crippen LogP contribution in [0.3, 0.4) is 0 Å². The molecule has 15 N–H and O–H groups in total. The second-order valence-electron chi connectivity index (χ2n) is 21.5. The van der Waals surface area contributed by atoms with Crippen LogP contribution in [0.4, 0.5) is 0 Å². The molecule has 0 aliphatic carbocycles. The molecule has 5 saturated heterocycles. The van der Waals surface area contributed by atoms with Crippen LogP contribution in [0, 0.1) is 0 Å². The van der Waals surface area contributed by atoms with Gasteiger partial charge in [-0.05, 0) is 110 Å². The maximum absolute atomic E-state index is 14.4. The Morgan fingerprint density at radius 2 is 0.952 bits per heavy atom. The molecule has 0 radical (unpaired) electrons. The molecule has 0 bridgehead atoms. The van der Waals surface area contributed by atoms with Gasteiger partial charge in [0.15, 0.2) is 0 Å². The van der Waals surface area contributed by atoms with Gasteiger partial charge in [0.25, 0.3) is 0 Å². The molecule has 464 valence electrons. The predicted octanol–water partition coefficient (Wildman–Crippen LogP) is -4.81. The number of carbonyl (C=O) groups is 13. The molecule has 0 saturated carbocycles. The van der Waals surface area contributed by atoms with Gasteiger partial charge in [-0.1, -0.05) is 6.42 Å². The van der Waals surface area contributed by atoms with E-state index >= 15 is 0 Å². The van der Waals surface area contributed by atoms with E-state index in [-0.39, 0.29) is 84.1 Å². The average Bonchev–Trinajstić information content (AvgIpc) is 3.91. The number of nitrogens with two attached hydrogens (primary N) is 3. The number of unbranched alkanes of at least 4 members (excludes halogenated alkanes) is 1. The number of hydrogen-bond acceptors (Lipinski definition) is 17. The second kappa shape index (κ2) is 30.6. The summed E-state index contributed by atoms with van der Waals surface area (Å²) < 4.78 is 16.1. The Bertz CT molecular complexity index is 2500.